The quantitative estimate of drug-likeness (QED) is 0.421. The van der Waals surface area contributed by atoms with Gasteiger partial charge in [-0.25, -0.2) is 0 Å². The van der Waals surface area contributed by atoms with Crippen molar-refractivity contribution in [2.75, 3.05) is 0 Å². The van der Waals surface area contributed by atoms with Crippen molar-refractivity contribution in [3.63, 3.8) is 0 Å². The van der Waals surface area contributed by atoms with Gasteiger partial charge in [0.1, 0.15) is 5.75 Å². The third kappa shape index (κ3) is 7.23. The zero-order chi connectivity index (χ0) is 24.0. The summed E-state index contributed by atoms with van der Waals surface area (Å²) in [7, 11) is 0. The maximum absolute atomic E-state index is 12.8. The topological polar surface area (TPSA) is 69.0 Å². The minimum absolute atomic E-state index is 0.0853. The van der Waals surface area contributed by atoms with Gasteiger partial charge < -0.3 is 14.6 Å². The lowest BCUT2D eigenvalue weighted by molar-refractivity contribution is -0.121. The summed E-state index contributed by atoms with van der Waals surface area (Å²) >= 11 is 1.48. The van der Waals surface area contributed by atoms with Crippen LogP contribution in [0.5, 0.6) is 5.75 Å². The van der Waals surface area contributed by atoms with Gasteiger partial charge in [-0.05, 0) is 56.2 Å². The van der Waals surface area contributed by atoms with Crippen molar-refractivity contribution in [1.29, 1.82) is 0 Å². The number of carbonyl (C=O) groups is 1. The van der Waals surface area contributed by atoms with Crippen LogP contribution in [0, 0.1) is 5.92 Å². The number of thioether (sulfide) groups is 1. The fraction of sp³-hybridized carbons (Fsp3) is 0.654. The first-order chi connectivity index (χ1) is 15.7. The Balaban J connectivity index is 1.69. The summed E-state index contributed by atoms with van der Waals surface area (Å²) in [5, 5.41) is 12.7. The molecule has 1 amide bonds. The van der Waals surface area contributed by atoms with E-state index in [-0.39, 0.29) is 17.3 Å². The SMILES string of the molecule is CC(C)Cn1c(SC(C)C(=O)NC2CCCCC2)nnc1C(C)Oc1ccc(C(C)C)cc1. The molecule has 0 spiro atoms. The summed E-state index contributed by atoms with van der Waals surface area (Å²) in [6.45, 7) is 13.5. The summed E-state index contributed by atoms with van der Waals surface area (Å²) in [5.74, 6) is 2.60. The first kappa shape index (κ1) is 25.6. The Bertz CT molecular complexity index is 888. The van der Waals surface area contributed by atoms with Crippen LogP contribution in [0.1, 0.15) is 97.1 Å². The fourth-order valence-corrected chi connectivity index (χ4v) is 5.06. The Morgan fingerprint density at radius 1 is 1.06 bits per heavy atom. The van der Waals surface area contributed by atoms with Crippen LogP contribution in [0.4, 0.5) is 0 Å². The van der Waals surface area contributed by atoms with Crippen molar-refractivity contribution in [3.8, 4) is 5.75 Å². The van der Waals surface area contributed by atoms with Crippen LogP contribution in [-0.4, -0.2) is 32.0 Å². The first-order valence-electron chi connectivity index (χ1n) is 12.4. The molecule has 6 nitrogen and oxygen atoms in total. The Labute approximate surface area is 203 Å². The molecule has 0 saturated heterocycles. The predicted molar refractivity (Wildman–Crippen MR) is 135 cm³/mol. The molecule has 1 aliphatic carbocycles. The summed E-state index contributed by atoms with van der Waals surface area (Å²) in [6.07, 6.45) is 5.61. The second kappa shape index (κ2) is 11.9. The van der Waals surface area contributed by atoms with Crippen LogP contribution in [0.2, 0.25) is 0 Å². The van der Waals surface area contributed by atoms with E-state index in [4.69, 9.17) is 4.74 Å². The molecule has 7 heteroatoms. The molecule has 1 heterocycles. The summed E-state index contributed by atoms with van der Waals surface area (Å²) < 4.78 is 8.33. The fourth-order valence-electron chi connectivity index (χ4n) is 4.19. The molecule has 2 aromatic rings. The van der Waals surface area contributed by atoms with E-state index in [1.54, 1.807) is 0 Å². The number of carbonyl (C=O) groups excluding carboxylic acids is 1. The number of nitrogens with one attached hydrogen (secondary N) is 1. The van der Waals surface area contributed by atoms with Crippen LogP contribution in [0.25, 0.3) is 0 Å². The van der Waals surface area contributed by atoms with E-state index in [1.165, 1.54) is 36.6 Å². The van der Waals surface area contributed by atoms with Gasteiger partial charge >= 0.3 is 0 Å². The lowest BCUT2D eigenvalue weighted by atomic mass is 9.95. The van der Waals surface area contributed by atoms with Crippen molar-refractivity contribution in [1.82, 2.24) is 20.1 Å². The number of aromatic nitrogens is 3. The zero-order valence-corrected chi connectivity index (χ0v) is 21.8. The lowest BCUT2D eigenvalue weighted by Crippen LogP contribution is -2.40. The van der Waals surface area contributed by atoms with Crippen molar-refractivity contribution in [2.45, 2.75) is 109 Å². The molecule has 1 aliphatic rings. The smallest absolute Gasteiger partial charge is 0.233 e. The average Bonchev–Trinajstić information content (AvgIpc) is 3.16. The van der Waals surface area contributed by atoms with E-state index in [2.05, 4.69) is 59.9 Å². The molecule has 2 atom stereocenters. The van der Waals surface area contributed by atoms with E-state index in [9.17, 15) is 4.79 Å². The number of benzene rings is 1. The highest BCUT2D eigenvalue weighted by molar-refractivity contribution is 8.00. The number of ether oxygens (including phenoxy) is 1. The second-order valence-electron chi connectivity index (χ2n) is 9.93. The van der Waals surface area contributed by atoms with Crippen LogP contribution in [0.15, 0.2) is 29.4 Å². The van der Waals surface area contributed by atoms with Crippen LogP contribution in [-0.2, 0) is 11.3 Å². The Morgan fingerprint density at radius 2 is 1.73 bits per heavy atom. The first-order valence-corrected chi connectivity index (χ1v) is 13.3. The molecule has 1 aromatic carbocycles. The van der Waals surface area contributed by atoms with E-state index >= 15 is 0 Å². The standard InChI is InChI=1S/C26H40N4O2S/c1-17(2)16-30-24(19(5)32-23-14-12-21(13-15-23)18(3)4)28-29-26(30)33-20(6)25(31)27-22-10-8-7-9-11-22/h12-15,17-20,22H,7-11,16H2,1-6H3,(H,27,31). The van der Waals surface area contributed by atoms with Gasteiger partial charge in [0.05, 0.1) is 5.25 Å². The van der Waals surface area contributed by atoms with Gasteiger partial charge in [-0.15, -0.1) is 10.2 Å². The molecule has 33 heavy (non-hydrogen) atoms. The van der Waals surface area contributed by atoms with Crippen molar-refractivity contribution in [2.24, 2.45) is 5.92 Å². The molecular formula is C26H40N4O2S. The molecule has 1 fully saturated rings. The van der Waals surface area contributed by atoms with Gasteiger partial charge in [0.2, 0.25) is 5.91 Å². The largest absolute Gasteiger partial charge is 0.483 e. The minimum atomic E-state index is -0.248. The Morgan fingerprint density at radius 3 is 2.33 bits per heavy atom. The van der Waals surface area contributed by atoms with Gasteiger partial charge in [-0.2, -0.15) is 0 Å². The van der Waals surface area contributed by atoms with E-state index in [1.807, 2.05) is 26.0 Å². The molecular weight excluding hydrogens is 432 g/mol. The summed E-state index contributed by atoms with van der Waals surface area (Å²) in [5.41, 5.74) is 1.29. The normalized spacial score (nSPS) is 16.7. The highest BCUT2D eigenvalue weighted by Gasteiger charge is 2.25. The van der Waals surface area contributed by atoms with Gasteiger partial charge in [-0.3, -0.25) is 4.79 Å². The number of nitrogens with zero attached hydrogens (tertiary/aromatic N) is 3. The number of amides is 1. The maximum Gasteiger partial charge on any atom is 0.233 e. The van der Waals surface area contributed by atoms with Crippen LogP contribution >= 0.6 is 11.8 Å². The Hall–Kier alpha value is -2.02. The highest BCUT2D eigenvalue weighted by Crippen LogP contribution is 2.29. The molecule has 3 rings (SSSR count). The van der Waals surface area contributed by atoms with E-state index in [0.29, 0.717) is 17.9 Å². The Kier molecular flexibility index (Phi) is 9.24. The lowest BCUT2D eigenvalue weighted by Gasteiger charge is -2.24. The van der Waals surface area contributed by atoms with Gasteiger partial charge in [0.15, 0.2) is 17.1 Å². The number of hydrogen-bond donors (Lipinski definition) is 1. The highest BCUT2D eigenvalue weighted by atomic mass is 32.2. The third-order valence-electron chi connectivity index (χ3n) is 6.12. The van der Waals surface area contributed by atoms with Crippen molar-refractivity contribution in [3.05, 3.63) is 35.7 Å². The number of hydrogen-bond acceptors (Lipinski definition) is 5. The van der Waals surface area contributed by atoms with Crippen LogP contribution in [0.3, 0.4) is 0 Å². The van der Waals surface area contributed by atoms with Gasteiger partial charge in [-0.1, -0.05) is 70.9 Å². The summed E-state index contributed by atoms with van der Waals surface area (Å²) in [6, 6.07) is 8.57. The molecule has 1 aromatic heterocycles. The predicted octanol–water partition coefficient (Wildman–Crippen LogP) is 6.13. The van der Waals surface area contributed by atoms with Gasteiger partial charge in [0.25, 0.3) is 0 Å². The molecule has 0 bridgehead atoms. The third-order valence-corrected chi connectivity index (χ3v) is 7.20. The second-order valence-corrected chi connectivity index (χ2v) is 11.2. The van der Waals surface area contributed by atoms with Crippen LogP contribution < -0.4 is 10.1 Å². The monoisotopic (exact) mass is 472 g/mol. The van der Waals surface area contributed by atoms with Crippen molar-refractivity contribution < 1.29 is 9.53 Å². The average molecular weight is 473 g/mol. The molecule has 1 saturated carbocycles. The van der Waals surface area contributed by atoms with E-state index in [0.717, 1.165) is 36.1 Å². The molecule has 2 unspecified atom stereocenters. The molecule has 0 aliphatic heterocycles. The zero-order valence-electron chi connectivity index (χ0n) is 21.0. The molecule has 0 radical (unpaired) electrons. The molecule has 1 N–H and O–H groups in total. The number of rotatable bonds is 10. The summed E-state index contributed by atoms with van der Waals surface area (Å²) in [4.78, 5) is 12.8. The van der Waals surface area contributed by atoms with E-state index < -0.39 is 0 Å². The van der Waals surface area contributed by atoms with Crippen molar-refractivity contribution >= 4 is 17.7 Å². The molecule has 182 valence electrons. The maximum atomic E-state index is 12.8. The minimum Gasteiger partial charge on any atom is -0.483 e. The van der Waals surface area contributed by atoms with Gasteiger partial charge in [0, 0.05) is 12.6 Å².